The van der Waals surface area contributed by atoms with E-state index in [0.29, 0.717) is 40.3 Å². The molecule has 212 valence electrons. The Hall–Kier alpha value is -5.53. The zero-order valence-corrected chi connectivity index (χ0v) is 23.8. The molecule has 1 atom stereocenters. The summed E-state index contributed by atoms with van der Waals surface area (Å²) in [4.78, 5) is 26.9. The van der Waals surface area contributed by atoms with Gasteiger partial charge < -0.3 is 5.32 Å². The van der Waals surface area contributed by atoms with E-state index in [4.69, 9.17) is 0 Å². The van der Waals surface area contributed by atoms with Crippen molar-refractivity contribution in [1.82, 2.24) is 9.78 Å². The summed E-state index contributed by atoms with van der Waals surface area (Å²) in [5.74, 6) is -3.08. The Morgan fingerprint density at radius 1 is 0.907 bits per heavy atom. The monoisotopic (exact) mass is 587 g/mol. The number of rotatable bonds is 8. The normalized spacial score (nSPS) is 12.5. The molecule has 9 nitrogen and oxygen atoms in total. The number of aromatic nitrogens is 2. The second kappa shape index (κ2) is 11.0. The molecule has 1 aliphatic rings. The number of aryl methyl sites for hydroxylation is 1. The molecular formula is C33H25N5O4S. The van der Waals surface area contributed by atoms with E-state index in [-0.39, 0.29) is 10.6 Å². The minimum Gasteiger partial charge on any atom is -0.325 e. The molecule has 5 aromatic rings. The van der Waals surface area contributed by atoms with E-state index in [1.807, 2.05) is 43.3 Å². The molecule has 10 heteroatoms. The number of anilines is 2. The number of nitrogens with zero attached hydrogens (tertiary/aromatic N) is 3. The van der Waals surface area contributed by atoms with E-state index in [2.05, 4.69) is 15.1 Å². The van der Waals surface area contributed by atoms with Gasteiger partial charge in [0.2, 0.25) is 11.7 Å². The SMILES string of the molecule is Cc1ccc(S(=O)(=O)Nc2ccc3c(c2)-c2c(c(C(=O)C(C#N)C(=O)Nc4ccccc4)nn2-c2ccccc2)C3)cc1. The summed E-state index contributed by atoms with van der Waals surface area (Å²) >= 11 is 0. The molecule has 1 aromatic heterocycles. The fraction of sp³-hybridized carbons (Fsp3) is 0.0909. The molecule has 2 N–H and O–H groups in total. The smallest absolute Gasteiger partial charge is 0.261 e. The van der Waals surface area contributed by atoms with Crippen molar-refractivity contribution in [1.29, 1.82) is 5.26 Å². The minimum atomic E-state index is -3.85. The van der Waals surface area contributed by atoms with Crippen LogP contribution in [0.15, 0.2) is 108 Å². The van der Waals surface area contributed by atoms with Crippen molar-refractivity contribution >= 4 is 33.1 Å². The first-order chi connectivity index (χ1) is 20.7. The molecule has 6 rings (SSSR count). The summed E-state index contributed by atoms with van der Waals surface area (Å²) in [5, 5.41) is 17.1. The van der Waals surface area contributed by atoms with Gasteiger partial charge in [-0.2, -0.15) is 10.4 Å². The molecule has 0 bridgehead atoms. The second-order valence-electron chi connectivity index (χ2n) is 10.2. The maximum absolute atomic E-state index is 13.7. The number of carbonyl (C=O) groups is 2. The highest BCUT2D eigenvalue weighted by atomic mass is 32.2. The predicted molar refractivity (Wildman–Crippen MR) is 162 cm³/mol. The Balaban J connectivity index is 1.39. The molecule has 4 aromatic carbocycles. The van der Waals surface area contributed by atoms with Gasteiger partial charge in [0.15, 0.2) is 5.92 Å². The second-order valence-corrected chi connectivity index (χ2v) is 11.9. The standard InChI is InChI=1S/C33H25N5O4S/c1-21-12-16-26(17-13-21)43(41,42)37-24-15-14-22-18-28-30(32(39)29(20-34)33(40)35-23-8-4-2-5-9-23)36-38(31(28)27(22)19-24)25-10-6-3-7-11-25/h2-17,19,29,37H,18H2,1H3,(H,35,40). The molecule has 0 fully saturated rings. The first-order valence-electron chi connectivity index (χ1n) is 13.4. The molecule has 1 heterocycles. The lowest BCUT2D eigenvalue weighted by atomic mass is 9.98. The molecule has 0 saturated carbocycles. The first kappa shape index (κ1) is 27.6. The highest BCUT2D eigenvalue weighted by molar-refractivity contribution is 7.92. The first-order valence-corrected chi connectivity index (χ1v) is 14.9. The lowest BCUT2D eigenvalue weighted by molar-refractivity contribution is -0.117. The van der Waals surface area contributed by atoms with Crippen LogP contribution in [-0.2, 0) is 21.2 Å². The number of fused-ring (bicyclic) bond motifs is 3. The van der Waals surface area contributed by atoms with Crippen LogP contribution in [-0.4, -0.2) is 29.9 Å². The Morgan fingerprint density at radius 3 is 2.26 bits per heavy atom. The van der Waals surface area contributed by atoms with Crippen LogP contribution < -0.4 is 10.0 Å². The molecule has 0 aliphatic heterocycles. The number of ketones is 1. The Labute approximate surface area is 248 Å². The van der Waals surface area contributed by atoms with Gasteiger partial charge in [-0.05, 0) is 61.0 Å². The number of benzene rings is 4. The lowest BCUT2D eigenvalue weighted by Gasteiger charge is -2.12. The summed E-state index contributed by atoms with van der Waals surface area (Å²) < 4.78 is 30.5. The van der Waals surface area contributed by atoms with Gasteiger partial charge in [0, 0.05) is 28.9 Å². The molecular weight excluding hydrogens is 562 g/mol. The van der Waals surface area contributed by atoms with Gasteiger partial charge in [-0.3, -0.25) is 14.3 Å². The van der Waals surface area contributed by atoms with E-state index < -0.39 is 27.6 Å². The third-order valence-corrected chi connectivity index (χ3v) is 8.63. The largest absolute Gasteiger partial charge is 0.325 e. The van der Waals surface area contributed by atoms with Gasteiger partial charge in [-0.25, -0.2) is 13.1 Å². The summed E-state index contributed by atoms with van der Waals surface area (Å²) in [6, 6.07) is 31.4. The quantitative estimate of drug-likeness (QED) is 0.178. The van der Waals surface area contributed by atoms with Crippen LogP contribution in [0.25, 0.3) is 16.9 Å². The Bertz CT molecular complexity index is 2010. The number of Topliss-reactive ketones (excluding diaryl/α,β-unsaturated/α-hetero) is 1. The third-order valence-electron chi connectivity index (χ3n) is 7.23. The van der Waals surface area contributed by atoms with E-state index in [1.54, 1.807) is 77.5 Å². The van der Waals surface area contributed by atoms with Crippen molar-refractivity contribution in [2.24, 2.45) is 5.92 Å². The van der Waals surface area contributed by atoms with E-state index in [9.17, 15) is 23.3 Å². The number of amides is 1. The molecule has 1 aliphatic carbocycles. The Kier molecular flexibility index (Phi) is 7.09. The predicted octanol–water partition coefficient (Wildman–Crippen LogP) is 5.51. The van der Waals surface area contributed by atoms with Gasteiger partial charge >= 0.3 is 0 Å². The molecule has 0 spiro atoms. The van der Waals surface area contributed by atoms with Gasteiger partial charge in [0.25, 0.3) is 10.0 Å². The number of hydrogen-bond acceptors (Lipinski definition) is 6. The fourth-order valence-electron chi connectivity index (χ4n) is 5.09. The highest BCUT2D eigenvalue weighted by Crippen LogP contribution is 2.42. The minimum absolute atomic E-state index is 0.0200. The summed E-state index contributed by atoms with van der Waals surface area (Å²) in [6.45, 7) is 1.88. The maximum Gasteiger partial charge on any atom is 0.261 e. The molecule has 1 amide bonds. The molecule has 43 heavy (non-hydrogen) atoms. The van der Waals surface area contributed by atoms with Gasteiger partial charge in [-0.15, -0.1) is 0 Å². The number of hydrogen-bond donors (Lipinski definition) is 2. The fourth-order valence-corrected chi connectivity index (χ4v) is 6.14. The van der Waals surface area contributed by atoms with Gasteiger partial charge in [0.05, 0.1) is 22.3 Å². The van der Waals surface area contributed by atoms with Crippen LogP contribution in [0.1, 0.15) is 27.2 Å². The van der Waals surface area contributed by atoms with Crippen molar-refractivity contribution in [2.45, 2.75) is 18.2 Å². The topological polar surface area (TPSA) is 134 Å². The van der Waals surface area contributed by atoms with Crippen LogP contribution in [0.5, 0.6) is 0 Å². The zero-order valence-electron chi connectivity index (χ0n) is 23.0. The molecule has 1 unspecified atom stereocenters. The summed E-state index contributed by atoms with van der Waals surface area (Å²) in [6.07, 6.45) is 0.321. The number of nitriles is 1. The molecule has 0 radical (unpaired) electrons. The van der Waals surface area contributed by atoms with Crippen molar-refractivity contribution in [3.05, 3.63) is 126 Å². The van der Waals surface area contributed by atoms with Crippen LogP contribution >= 0.6 is 0 Å². The average Bonchev–Trinajstić information content (AvgIpc) is 3.56. The lowest BCUT2D eigenvalue weighted by Crippen LogP contribution is -2.29. The van der Waals surface area contributed by atoms with Crippen LogP contribution in [0, 0.1) is 24.2 Å². The number of para-hydroxylation sites is 2. The molecule has 0 saturated heterocycles. The summed E-state index contributed by atoms with van der Waals surface area (Å²) in [7, 11) is -3.85. The number of nitrogens with one attached hydrogen (secondary N) is 2. The van der Waals surface area contributed by atoms with E-state index in [1.165, 1.54) is 0 Å². The van der Waals surface area contributed by atoms with Crippen LogP contribution in [0.3, 0.4) is 0 Å². The van der Waals surface area contributed by atoms with E-state index in [0.717, 1.165) is 11.1 Å². The van der Waals surface area contributed by atoms with E-state index >= 15 is 0 Å². The van der Waals surface area contributed by atoms with Crippen molar-refractivity contribution in [3.63, 3.8) is 0 Å². The number of carbonyl (C=O) groups excluding carboxylic acids is 2. The van der Waals surface area contributed by atoms with Crippen LogP contribution in [0.4, 0.5) is 11.4 Å². The van der Waals surface area contributed by atoms with Gasteiger partial charge in [-0.1, -0.05) is 60.2 Å². The number of sulfonamides is 1. The average molecular weight is 588 g/mol. The van der Waals surface area contributed by atoms with Crippen molar-refractivity contribution < 1.29 is 18.0 Å². The van der Waals surface area contributed by atoms with Crippen LogP contribution in [0.2, 0.25) is 0 Å². The Morgan fingerprint density at radius 2 is 1.58 bits per heavy atom. The summed E-state index contributed by atoms with van der Waals surface area (Å²) in [5.41, 5.74) is 5.15. The highest BCUT2D eigenvalue weighted by Gasteiger charge is 2.37. The van der Waals surface area contributed by atoms with Crippen molar-refractivity contribution in [2.75, 3.05) is 10.0 Å². The van der Waals surface area contributed by atoms with Gasteiger partial charge in [0.1, 0.15) is 5.69 Å². The third kappa shape index (κ3) is 5.29. The van der Waals surface area contributed by atoms with Crippen molar-refractivity contribution in [3.8, 4) is 23.0 Å². The zero-order chi connectivity index (χ0) is 30.1. The maximum atomic E-state index is 13.7.